The zero-order valence-electron chi connectivity index (χ0n) is 14.5. The molecule has 0 aromatic heterocycles. The van der Waals surface area contributed by atoms with E-state index in [-0.39, 0.29) is 11.9 Å². The number of primary amides is 1. The van der Waals surface area contributed by atoms with E-state index < -0.39 is 18.0 Å². The first-order chi connectivity index (χ1) is 11.7. The highest BCUT2D eigenvalue weighted by Crippen LogP contribution is 2.26. The monoisotopic (exact) mass is 345 g/mol. The summed E-state index contributed by atoms with van der Waals surface area (Å²) in [5.74, 6) is -1.55. The SMILES string of the molecule is CC(OC(N)=O)c1ccccc1.Cc1ccc(C(C)C(=O)O)c(O)c1. The van der Waals surface area contributed by atoms with Crippen molar-refractivity contribution in [1.82, 2.24) is 0 Å². The van der Waals surface area contributed by atoms with Crippen LogP contribution in [0.2, 0.25) is 0 Å². The van der Waals surface area contributed by atoms with Gasteiger partial charge in [0.2, 0.25) is 0 Å². The van der Waals surface area contributed by atoms with Gasteiger partial charge in [-0.25, -0.2) is 4.79 Å². The van der Waals surface area contributed by atoms with E-state index in [1.807, 2.05) is 37.3 Å². The van der Waals surface area contributed by atoms with Crippen LogP contribution in [-0.2, 0) is 9.53 Å². The second-order valence-corrected chi connectivity index (χ2v) is 5.61. The van der Waals surface area contributed by atoms with Crippen molar-refractivity contribution in [3.8, 4) is 5.75 Å². The number of aliphatic carboxylic acids is 1. The number of carboxylic acids is 1. The van der Waals surface area contributed by atoms with Gasteiger partial charge in [0.25, 0.3) is 0 Å². The largest absolute Gasteiger partial charge is 0.508 e. The van der Waals surface area contributed by atoms with Crippen LogP contribution >= 0.6 is 0 Å². The number of carboxylic acid groups (broad SMARTS) is 1. The molecular formula is C19H23NO5. The van der Waals surface area contributed by atoms with Gasteiger partial charge in [-0.05, 0) is 38.0 Å². The number of ether oxygens (including phenoxy) is 1. The van der Waals surface area contributed by atoms with Crippen molar-refractivity contribution in [2.75, 3.05) is 0 Å². The highest BCUT2D eigenvalue weighted by atomic mass is 16.6. The minimum absolute atomic E-state index is 0.0508. The molecule has 0 aliphatic heterocycles. The molecule has 134 valence electrons. The highest BCUT2D eigenvalue weighted by Gasteiger charge is 2.16. The first-order valence-electron chi connectivity index (χ1n) is 7.75. The van der Waals surface area contributed by atoms with Crippen LogP contribution in [0.1, 0.15) is 42.6 Å². The quantitative estimate of drug-likeness (QED) is 0.782. The van der Waals surface area contributed by atoms with Crippen molar-refractivity contribution < 1.29 is 24.5 Å². The fourth-order valence-electron chi connectivity index (χ4n) is 2.12. The third-order valence-electron chi connectivity index (χ3n) is 3.58. The van der Waals surface area contributed by atoms with Gasteiger partial charge >= 0.3 is 12.1 Å². The van der Waals surface area contributed by atoms with E-state index in [4.69, 9.17) is 15.6 Å². The topological polar surface area (TPSA) is 110 Å². The van der Waals surface area contributed by atoms with Gasteiger partial charge < -0.3 is 20.7 Å². The van der Waals surface area contributed by atoms with Crippen molar-refractivity contribution in [3.63, 3.8) is 0 Å². The summed E-state index contributed by atoms with van der Waals surface area (Å²) in [5.41, 5.74) is 7.18. The number of rotatable bonds is 4. The molecule has 2 aromatic rings. The maximum absolute atomic E-state index is 10.6. The van der Waals surface area contributed by atoms with Crippen LogP contribution in [-0.4, -0.2) is 22.3 Å². The average Bonchev–Trinajstić information content (AvgIpc) is 2.55. The molecule has 6 heteroatoms. The van der Waals surface area contributed by atoms with E-state index in [0.29, 0.717) is 5.56 Å². The Morgan fingerprint density at radius 2 is 1.68 bits per heavy atom. The van der Waals surface area contributed by atoms with Crippen molar-refractivity contribution in [1.29, 1.82) is 0 Å². The molecule has 1 amide bonds. The number of phenols is 1. The maximum Gasteiger partial charge on any atom is 0.405 e. The van der Waals surface area contributed by atoms with Crippen molar-refractivity contribution in [3.05, 3.63) is 65.2 Å². The highest BCUT2D eigenvalue weighted by molar-refractivity contribution is 5.76. The number of benzene rings is 2. The molecular weight excluding hydrogens is 322 g/mol. The van der Waals surface area contributed by atoms with E-state index in [9.17, 15) is 14.7 Å². The third kappa shape index (κ3) is 6.55. The fraction of sp³-hybridized carbons (Fsp3) is 0.263. The number of phenolic OH excluding ortho intramolecular Hbond substituents is 1. The average molecular weight is 345 g/mol. The number of hydrogen-bond acceptors (Lipinski definition) is 4. The molecule has 0 aliphatic rings. The van der Waals surface area contributed by atoms with Crippen molar-refractivity contribution in [2.24, 2.45) is 5.73 Å². The second kappa shape index (κ2) is 9.32. The Morgan fingerprint density at radius 1 is 1.08 bits per heavy atom. The first-order valence-corrected chi connectivity index (χ1v) is 7.75. The van der Waals surface area contributed by atoms with Gasteiger partial charge in [0.15, 0.2) is 0 Å². The molecule has 2 aromatic carbocycles. The van der Waals surface area contributed by atoms with Gasteiger partial charge in [-0.2, -0.15) is 0 Å². The summed E-state index contributed by atoms with van der Waals surface area (Å²) in [6, 6.07) is 14.4. The molecule has 6 nitrogen and oxygen atoms in total. The minimum Gasteiger partial charge on any atom is -0.508 e. The molecule has 0 saturated carbocycles. The Bertz CT molecular complexity index is 715. The lowest BCUT2D eigenvalue weighted by Crippen LogP contribution is -2.15. The number of hydrogen-bond donors (Lipinski definition) is 3. The number of carbonyl (C=O) groups excluding carboxylic acids is 1. The summed E-state index contributed by atoms with van der Waals surface area (Å²) in [7, 11) is 0. The summed E-state index contributed by atoms with van der Waals surface area (Å²) in [6.07, 6.45) is -1.02. The molecule has 0 fully saturated rings. The molecule has 0 heterocycles. The second-order valence-electron chi connectivity index (χ2n) is 5.61. The van der Waals surface area contributed by atoms with Crippen molar-refractivity contribution >= 4 is 12.1 Å². The standard InChI is InChI=1S/C10H12O3.C9H11NO2/c1-6-3-4-8(9(11)5-6)7(2)10(12)13;1-7(12-9(10)11)8-5-3-2-4-6-8/h3-5,7,11H,1-2H3,(H,12,13);2-7H,1H3,(H2,10,11). The van der Waals surface area contributed by atoms with E-state index >= 15 is 0 Å². The molecule has 2 atom stereocenters. The summed E-state index contributed by atoms with van der Waals surface area (Å²) < 4.78 is 4.78. The van der Waals surface area contributed by atoms with E-state index in [1.165, 1.54) is 0 Å². The number of amides is 1. The van der Waals surface area contributed by atoms with Crippen LogP contribution in [0.15, 0.2) is 48.5 Å². The molecule has 0 spiro atoms. The van der Waals surface area contributed by atoms with E-state index in [2.05, 4.69) is 0 Å². The normalized spacial score (nSPS) is 12.3. The number of carbonyl (C=O) groups is 2. The predicted octanol–water partition coefficient (Wildman–Crippen LogP) is 3.73. The van der Waals surface area contributed by atoms with Crippen LogP contribution < -0.4 is 5.73 Å². The van der Waals surface area contributed by atoms with E-state index in [1.54, 1.807) is 32.0 Å². The van der Waals surface area contributed by atoms with Gasteiger partial charge in [-0.3, -0.25) is 4.79 Å². The van der Waals surface area contributed by atoms with Gasteiger partial charge in [-0.1, -0.05) is 42.5 Å². The lowest BCUT2D eigenvalue weighted by atomic mass is 9.99. The van der Waals surface area contributed by atoms with Gasteiger partial charge in [0.05, 0.1) is 5.92 Å². The summed E-state index contributed by atoms with van der Waals surface area (Å²) in [4.78, 5) is 21.0. The number of aromatic hydroxyl groups is 1. The van der Waals surface area contributed by atoms with Crippen LogP contribution in [0.4, 0.5) is 4.79 Å². The lowest BCUT2D eigenvalue weighted by molar-refractivity contribution is -0.138. The smallest absolute Gasteiger partial charge is 0.405 e. The Kier molecular flexibility index (Phi) is 7.46. The zero-order valence-corrected chi connectivity index (χ0v) is 14.5. The minimum atomic E-state index is -0.931. The maximum atomic E-state index is 10.6. The molecule has 0 saturated heterocycles. The van der Waals surface area contributed by atoms with Crippen LogP contribution in [0.5, 0.6) is 5.75 Å². The number of aryl methyl sites for hydroxylation is 1. The Labute approximate surface area is 146 Å². The lowest BCUT2D eigenvalue weighted by Gasteiger charge is -2.10. The molecule has 25 heavy (non-hydrogen) atoms. The van der Waals surface area contributed by atoms with Gasteiger partial charge in [0, 0.05) is 5.56 Å². The Balaban J connectivity index is 0.000000251. The molecule has 0 aliphatic carbocycles. The van der Waals surface area contributed by atoms with Crippen molar-refractivity contribution in [2.45, 2.75) is 32.8 Å². The molecule has 2 unspecified atom stereocenters. The van der Waals surface area contributed by atoms with Gasteiger partial charge in [0.1, 0.15) is 11.9 Å². The molecule has 2 rings (SSSR count). The summed E-state index contributed by atoms with van der Waals surface area (Å²) in [6.45, 7) is 5.17. The van der Waals surface area contributed by atoms with Crippen LogP contribution in [0, 0.1) is 6.92 Å². The first kappa shape index (κ1) is 20.0. The fourth-order valence-corrected chi connectivity index (χ4v) is 2.12. The third-order valence-corrected chi connectivity index (χ3v) is 3.58. The molecule has 0 radical (unpaired) electrons. The Morgan fingerprint density at radius 3 is 2.16 bits per heavy atom. The predicted molar refractivity (Wildman–Crippen MR) is 94.4 cm³/mol. The summed E-state index contributed by atoms with van der Waals surface area (Å²) >= 11 is 0. The Hall–Kier alpha value is -3.02. The van der Waals surface area contributed by atoms with Gasteiger partial charge in [-0.15, -0.1) is 0 Å². The van der Waals surface area contributed by atoms with Crippen LogP contribution in [0.25, 0.3) is 0 Å². The van der Waals surface area contributed by atoms with Crippen LogP contribution in [0.3, 0.4) is 0 Å². The molecule has 0 bridgehead atoms. The molecule has 4 N–H and O–H groups in total. The number of nitrogens with two attached hydrogens (primary N) is 1. The van der Waals surface area contributed by atoms with E-state index in [0.717, 1.165) is 11.1 Å². The zero-order chi connectivity index (χ0) is 19.0. The summed E-state index contributed by atoms with van der Waals surface area (Å²) in [5, 5.41) is 18.2.